The number of pyridine rings is 1. The van der Waals surface area contributed by atoms with E-state index in [0.29, 0.717) is 30.2 Å². The highest BCUT2D eigenvalue weighted by Gasteiger charge is 2.28. The van der Waals surface area contributed by atoms with Crippen LogP contribution in [0, 0.1) is 0 Å². The van der Waals surface area contributed by atoms with Crippen LogP contribution in [0.25, 0.3) is 0 Å². The molecule has 0 fully saturated rings. The van der Waals surface area contributed by atoms with Gasteiger partial charge in [0, 0.05) is 36.8 Å². The van der Waals surface area contributed by atoms with Gasteiger partial charge in [-0.05, 0) is 19.1 Å². The van der Waals surface area contributed by atoms with Gasteiger partial charge in [0.05, 0.1) is 17.0 Å². The Morgan fingerprint density at radius 1 is 1.48 bits per heavy atom. The highest BCUT2D eigenvalue weighted by Crippen LogP contribution is 2.29. The number of nitrogens with zero attached hydrogens (tertiary/aromatic N) is 3. The number of carbonyl (C=O) groups is 1. The Labute approximate surface area is 138 Å². The molecule has 122 valence electrons. The van der Waals surface area contributed by atoms with Crippen LogP contribution in [-0.2, 0) is 23.0 Å². The molecule has 0 atom stereocenters. The molecule has 0 bridgehead atoms. The van der Waals surface area contributed by atoms with Gasteiger partial charge in [-0.3, -0.25) is 15.1 Å². The molecule has 23 heavy (non-hydrogen) atoms. The molecule has 0 saturated carbocycles. The van der Waals surface area contributed by atoms with Gasteiger partial charge in [-0.15, -0.1) is 11.3 Å². The van der Waals surface area contributed by atoms with Crippen LogP contribution in [0.5, 0.6) is 0 Å². The quantitative estimate of drug-likeness (QED) is 0.900. The monoisotopic (exact) mass is 352 g/mol. The van der Waals surface area contributed by atoms with Crippen molar-refractivity contribution in [2.24, 2.45) is 0 Å². The molecule has 0 aliphatic carbocycles. The minimum atomic E-state index is -3.20. The van der Waals surface area contributed by atoms with Gasteiger partial charge in [0.1, 0.15) is 0 Å². The highest BCUT2D eigenvalue weighted by atomic mass is 32.2. The summed E-state index contributed by atoms with van der Waals surface area (Å²) in [6.07, 6.45) is 3.65. The topological polar surface area (TPSA) is 92.3 Å². The summed E-state index contributed by atoms with van der Waals surface area (Å²) < 4.78 is 25.4. The molecule has 1 N–H and O–H groups in total. The van der Waals surface area contributed by atoms with Crippen molar-refractivity contribution in [3.63, 3.8) is 0 Å². The van der Waals surface area contributed by atoms with Crippen molar-refractivity contribution >= 4 is 32.4 Å². The molecule has 0 unspecified atom stereocenters. The molecule has 9 heteroatoms. The number of hydrogen-bond donors (Lipinski definition) is 1. The lowest BCUT2D eigenvalue weighted by Crippen LogP contribution is -2.36. The predicted molar refractivity (Wildman–Crippen MR) is 87.9 cm³/mol. The first-order chi connectivity index (χ1) is 11.0. The van der Waals surface area contributed by atoms with Crippen molar-refractivity contribution < 1.29 is 13.2 Å². The van der Waals surface area contributed by atoms with Crippen molar-refractivity contribution in [3.05, 3.63) is 40.7 Å². The van der Waals surface area contributed by atoms with E-state index in [2.05, 4.69) is 15.3 Å². The molecule has 1 aliphatic rings. The van der Waals surface area contributed by atoms with Gasteiger partial charge in [-0.2, -0.15) is 4.31 Å². The standard InChI is InChI=1S/C14H16N4O3S2/c1-2-23(20,21)18-7-5-11-12(9-18)22-14(16-11)17-13(19)10-4-3-6-15-8-10/h3-4,6,8H,2,5,7,9H2,1H3,(H,16,17,19). The Kier molecular flexibility index (Phi) is 4.42. The van der Waals surface area contributed by atoms with Crippen LogP contribution in [0.3, 0.4) is 0 Å². The molecule has 3 rings (SSSR count). The van der Waals surface area contributed by atoms with Crippen LogP contribution in [-0.4, -0.2) is 40.9 Å². The fourth-order valence-corrected chi connectivity index (χ4v) is 4.47. The van der Waals surface area contributed by atoms with Crippen LogP contribution in [0.15, 0.2) is 24.5 Å². The summed E-state index contributed by atoms with van der Waals surface area (Å²) in [6.45, 7) is 2.39. The average Bonchev–Trinajstić information content (AvgIpc) is 2.96. The van der Waals surface area contributed by atoms with E-state index in [1.807, 2.05) is 0 Å². The second-order valence-electron chi connectivity index (χ2n) is 5.07. The smallest absolute Gasteiger partial charge is 0.259 e. The van der Waals surface area contributed by atoms with Crippen molar-refractivity contribution in [2.75, 3.05) is 17.6 Å². The fraction of sp³-hybridized carbons (Fsp3) is 0.357. The number of sulfonamides is 1. The Balaban J connectivity index is 1.75. The summed E-state index contributed by atoms with van der Waals surface area (Å²) in [4.78, 5) is 21.3. The fourth-order valence-electron chi connectivity index (χ4n) is 2.31. The van der Waals surface area contributed by atoms with Crippen LogP contribution < -0.4 is 5.32 Å². The first-order valence-electron chi connectivity index (χ1n) is 7.17. The molecular weight excluding hydrogens is 336 g/mol. The van der Waals surface area contributed by atoms with Gasteiger partial charge in [-0.25, -0.2) is 13.4 Å². The largest absolute Gasteiger partial charge is 0.298 e. The third-order valence-electron chi connectivity index (χ3n) is 3.60. The van der Waals surface area contributed by atoms with Gasteiger partial charge in [-0.1, -0.05) is 0 Å². The number of anilines is 1. The van der Waals surface area contributed by atoms with E-state index < -0.39 is 10.0 Å². The van der Waals surface area contributed by atoms with Gasteiger partial charge >= 0.3 is 0 Å². The molecule has 2 aromatic heterocycles. The lowest BCUT2D eigenvalue weighted by atomic mass is 10.2. The third-order valence-corrected chi connectivity index (χ3v) is 6.42. The van der Waals surface area contributed by atoms with Gasteiger partial charge in [0.15, 0.2) is 5.13 Å². The summed E-state index contributed by atoms with van der Waals surface area (Å²) in [5.74, 6) is -0.187. The number of rotatable bonds is 4. The van der Waals surface area contributed by atoms with E-state index in [-0.39, 0.29) is 11.7 Å². The SMILES string of the molecule is CCS(=O)(=O)N1CCc2nc(NC(=O)c3cccnc3)sc2C1. The van der Waals surface area contributed by atoms with Crippen molar-refractivity contribution in [1.82, 2.24) is 14.3 Å². The summed E-state index contributed by atoms with van der Waals surface area (Å²) in [7, 11) is -3.20. The summed E-state index contributed by atoms with van der Waals surface area (Å²) in [6, 6.07) is 3.36. The number of hydrogen-bond acceptors (Lipinski definition) is 6. The Hall–Kier alpha value is -1.84. The van der Waals surface area contributed by atoms with E-state index >= 15 is 0 Å². The molecule has 3 heterocycles. The van der Waals surface area contributed by atoms with Gasteiger partial charge in [0.25, 0.3) is 5.91 Å². The molecule has 1 aliphatic heterocycles. The second-order valence-corrected chi connectivity index (χ2v) is 8.41. The molecule has 0 spiro atoms. The maximum atomic E-state index is 12.1. The molecule has 1 amide bonds. The predicted octanol–water partition coefficient (Wildman–Crippen LogP) is 1.50. The average molecular weight is 352 g/mol. The van der Waals surface area contributed by atoms with Gasteiger partial charge < -0.3 is 0 Å². The van der Waals surface area contributed by atoms with Crippen molar-refractivity contribution in [2.45, 2.75) is 19.9 Å². The lowest BCUT2D eigenvalue weighted by Gasteiger charge is -2.24. The number of amides is 1. The minimum Gasteiger partial charge on any atom is -0.298 e. The Morgan fingerprint density at radius 3 is 3.00 bits per heavy atom. The zero-order valence-corrected chi connectivity index (χ0v) is 14.2. The zero-order chi connectivity index (χ0) is 16.4. The molecule has 0 aromatic carbocycles. The maximum absolute atomic E-state index is 12.1. The molecule has 2 aromatic rings. The van der Waals surface area contributed by atoms with Crippen LogP contribution >= 0.6 is 11.3 Å². The van der Waals surface area contributed by atoms with Crippen molar-refractivity contribution in [1.29, 1.82) is 0 Å². The first-order valence-corrected chi connectivity index (χ1v) is 9.60. The zero-order valence-electron chi connectivity index (χ0n) is 12.5. The second kappa shape index (κ2) is 6.34. The summed E-state index contributed by atoms with van der Waals surface area (Å²) in [5.41, 5.74) is 1.31. The molecule has 0 radical (unpaired) electrons. The lowest BCUT2D eigenvalue weighted by molar-refractivity contribution is 0.102. The van der Waals surface area contributed by atoms with Crippen LogP contribution in [0.1, 0.15) is 27.9 Å². The van der Waals surface area contributed by atoms with Crippen LogP contribution in [0.2, 0.25) is 0 Å². The van der Waals surface area contributed by atoms with Gasteiger partial charge in [0.2, 0.25) is 10.0 Å². The molecule has 7 nitrogen and oxygen atoms in total. The van der Waals surface area contributed by atoms with Crippen LogP contribution in [0.4, 0.5) is 5.13 Å². The highest BCUT2D eigenvalue weighted by molar-refractivity contribution is 7.89. The third kappa shape index (κ3) is 3.41. The number of nitrogens with one attached hydrogen (secondary N) is 1. The van der Waals surface area contributed by atoms with Crippen molar-refractivity contribution in [3.8, 4) is 0 Å². The van der Waals surface area contributed by atoms with E-state index in [1.165, 1.54) is 21.8 Å². The first kappa shape index (κ1) is 16.0. The number of aromatic nitrogens is 2. The van der Waals surface area contributed by atoms with E-state index in [9.17, 15) is 13.2 Å². The summed E-state index contributed by atoms with van der Waals surface area (Å²) in [5, 5.41) is 3.23. The Morgan fingerprint density at radius 2 is 2.30 bits per heavy atom. The maximum Gasteiger partial charge on any atom is 0.259 e. The van der Waals surface area contributed by atoms with E-state index in [1.54, 1.807) is 25.3 Å². The number of thiazole rings is 1. The number of carbonyl (C=O) groups excluding carboxylic acids is 1. The summed E-state index contributed by atoms with van der Waals surface area (Å²) >= 11 is 1.32. The normalized spacial score (nSPS) is 15.2. The Bertz CT molecular complexity index is 818. The van der Waals surface area contributed by atoms with E-state index in [4.69, 9.17) is 0 Å². The minimum absolute atomic E-state index is 0.0890. The molecular formula is C14H16N4O3S2. The number of fused-ring (bicyclic) bond motifs is 1. The molecule has 0 saturated heterocycles. The van der Waals surface area contributed by atoms with E-state index in [0.717, 1.165) is 10.6 Å².